The Bertz CT molecular complexity index is 6090. The van der Waals surface area contributed by atoms with E-state index in [4.69, 9.17) is 19.9 Å². The van der Waals surface area contributed by atoms with Gasteiger partial charge in [0.15, 0.2) is 0 Å². The van der Waals surface area contributed by atoms with E-state index in [0.717, 1.165) is 222 Å². The van der Waals surface area contributed by atoms with Crippen LogP contribution in [0.25, 0.3) is 44.1 Å². The molecule has 143 heavy (non-hydrogen) atoms. The van der Waals surface area contributed by atoms with E-state index in [1.54, 1.807) is 0 Å². The molecule has 0 radical (unpaired) electrons. The minimum absolute atomic E-state index is 0.0970. The van der Waals surface area contributed by atoms with Gasteiger partial charge in [-0.1, -0.05) is 193 Å². The van der Waals surface area contributed by atoms with E-state index in [2.05, 4.69) is 294 Å². The summed E-state index contributed by atoms with van der Waals surface area (Å²) < 4.78 is 9.47. The first-order chi connectivity index (χ1) is 69.1. The van der Waals surface area contributed by atoms with Crippen LogP contribution < -0.4 is 0 Å². The Balaban J connectivity index is 0.000000144. The van der Waals surface area contributed by atoms with Gasteiger partial charge in [0.05, 0.1) is 70.3 Å². The van der Waals surface area contributed by atoms with Gasteiger partial charge in [0, 0.05) is 125 Å². The number of fused-ring (bicyclic) bond motifs is 4. The van der Waals surface area contributed by atoms with Crippen molar-refractivity contribution in [1.29, 1.82) is 0 Å². The maximum absolute atomic E-state index is 14.0. The van der Waals surface area contributed by atoms with Crippen LogP contribution >= 0.6 is 0 Å². The van der Waals surface area contributed by atoms with Gasteiger partial charge in [-0.3, -0.25) is 38.8 Å². The first kappa shape index (κ1) is 107. The number of amides is 4. The predicted molar refractivity (Wildman–Crippen MR) is 587 cm³/mol. The predicted octanol–water partition coefficient (Wildman–Crippen LogP) is 26.0. The summed E-state index contributed by atoms with van der Waals surface area (Å²) in [6.45, 7) is 50.6. The molecule has 2 aliphatic heterocycles. The van der Waals surface area contributed by atoms with Crippen molar-refractivity contribution in [1.82, 2.24) is 77.4 Å². The zero-order chi connectivity index (χ0) is 101. The van der Waals surface area contributed by atoms with E-state index in [1.807, 2.05) is 68.1 Å². The quantitative estimate of drug-likeness (QED) is 0.0355. The lowest BCUT2D eigenvalue weighted by atomic mass is 9.99. The second-order valence-electron chi connectivity index (χ2n) is 45.3. The standard InChI is InChI=1S/C32H44N4O.C31H42N4O.C31H44N4O.C29H40N4O/c1-4-28-12-7-8-18-34(28)21-26-10-9-11-27(20-26)32(37)35(19-17-24(2)3)23-31-33-29-13-5-6-14-30(29)36(31)22-25-15-16-25;1-23(2)16-18-34(22-30-32-28-12-4-5-13-29(28)35(30)21-25-14-15-25)31(36)27-11-8-10-26(19-27)20-33-17-7-6-9-24(33)3;1-6-33(19-24(4)5)20-26-10-9-11-27(18-26)31(36)34(17-16-23(2)3)22-30-32-28-12-7-8-13-29(28)35(30)21-25-14-15-25;1-21(2)15-16-32(29(34)25-10-8-9-24(17-25)18-31(5)22(3)4)20-28-30-26-11-6-7-12-27(26)33(28)19-23-13-14-23/h5-6,9-11,13-14,20,24-25,28H,4,7-8,12,15-19,21-23H2,1-3H3;4-5,8,10-13,19,23-25H,6-7,9,14-18,20-22H2,1-3H3;7-13,18,23-25H,6,14-17,19-22H2,1-5H3;6-12,17,21-23H,13-16,18-20H2,1-5H3. The van der Waals surface area contributed by atoms with Gasteiger partial charge in [0.1, 0.15) is 23.3 Å². The molecule has 0 N–H and O–H groups in total. The maximum atomic E-state index is 14.0. The van der Waals surface area contributed by atoms with E-state index in [1.165, 1.54) is 141 Å². The lowest BCUT2D eigenvalue weighted by molar-refractivity contribution is 0.0721. The molecule has 4 aliphatic carbocycles. The Labute approximate surface area is 856 Å². The Morgan fingerprint density at radius 1 is 0.336 bits per heavy atom. The van der Waals surface area contributed by atoms with E-state index in [0.29, 0.717) is 73.9 Å². The van der Waals surface area contributed by atoms with Crippen LogP contribution in [0.1, 0.15) is 313 Å². The third kappa shape index (κ3) is 30.8. The van der Waals surface area contributed by atoms with Crippen molar-refractivity contribution in [3.05, 3.63) is 262 Å². The SMILES string of the molecule is CC(C)CCN(Cc1nc2ccccc2n1CC1CC1)C(=O)c1cccc(CN(C)C(C)C)c1.CC(C)CCN(Cc1nc2ccccc2n1CC1CC1)C(=O)c1cccc(CN2CCCCC2C)c1.CCC1CCCCN1Cc1cccc(C(=O)N(CCC(C)C)Cc2nc3ccccc3n2CC2CC2)c1.CCN(Cc1cccc(C(=O)N(CCC(C)C)Cc2nc3ccccc3n2CC2CC2)c1)CC(C)C. The van der Waals surface area contributed by atoms with Crippen LogP contribution in [-0.2, 0) is 78.5 Å². The number of rotatable bonds is 45. The molecule has 20 nitrogen and oxygen atoms in total. The fourth-order valence-electron chi connectivity index (χ4n) is 20.5. The summed E-state index contributed by atoms with van der Waals surface area (Å²) in [7, 11) is 2.12. The van der Waals surface area contributed by atoms with E-state index >= 15 is 0 Å². The molecular weight excluding hydrogens is 1770 g/mol. The van der Waals surface area contributed by atoms with Gasteiger partial charge in [0.25, 0.3) is 23.6 Å². The van der Waals surface area contributed by atoms with Gasteiger partial charge in [-0.05, 0) is 329 Å². The molecule has 2 atom stereocenters. The van der Waals surface area contributed by atoms with Crippen LogP contribution in [-0.4, -0.2) is 179 Å². The lowest BCUT2D eigenvalue weighted by Crippen LogP contribution is -2.38. The molecule has 6 fully saturated rings. The number of piperidine rings is 2. The highest BCUT2D eigenvalue weighted by Gasteiger charge is 2.34. The van der Waals surface area contributed by atoms with E-state index in [9.17, 15) is 19.2 Å². The summed E-state index contributed by atoms with van der Waals surface area (Å²) in [6.07, 6.45) is 23.2. The smallest absolute Gasteiger partial charge is 0.254 e. The minimum Gasteiger partial charge on any atom is -0.331 e. The van der Waals surface area contributed by atoms with Gasteiger partial charge in [-0.2, -0.15) is 0 Å². The van der Waals surface area contributed by atoms with Gasteiger partial charge in [0.2, 0.25) is 0 Å². The lowest BCUT2D eigenvalue weighted by Gasteiger charge is -2.35. The van der Waals surface area contributed by atoms with E-state index in [-0.39, 0.29) is 23.6 Å². The number of aromatic nitrogens is 8. The summed E-state index contributed by atoms with van der Waals surface area (Å²) in [5.41, 5.74) is 16.8. The molecule has 20 heteroatoms. The summed E-state index contributed by atoms with van der Waals surface area (Å²) in [4.78, 5) is 93.5. The normalized spacial score (nSPS) is 16.3. The topological polar surface area (TPSA) is 165 Å². The summed E-state index contributed by atoms with van der Waals surface area (Å²) >= 11 is 0. The second kappa shape index (κ2) is 51.4. The average Bonchev–Trinajstić information content (AvgIpc) is 1.65. The van der Waals surface area contributed by atoms with Crippen LogP contribution in [0.5, 0.6) is 0 Å². The number of benzene rings is 8. The van der Waals surface area contributed by atoms with Crippen molar-refractivity contribution >= 4 is 67.8 Å². The van der Waals surface area contributed by atoms with Crippen molar-refractivity contribution in [3.8, 4) is 0 Å². The summed E-state index contributed by atoms with van der Waals surface area (Å²) in [5.74, 6) is 10.2. The molecule has 0 spiro atoms. The highest BCUT2D eigenvalue weighted by Crippen LogP contribution is 2.38. The van der Waals surface area contributed by atoms with Gasteiger partial charge < -0.3 is 37.9 Å². The Morgan fingerprint density at radius 3 is 0.937 bits per heavy atom. The third-order valence-corrected chi connectivity index (χ3v) is 30.3. The van der Waals surface area contributed by atoms with Crippen LogP contribution in [0, 0.1) is 53.3 Å². The number of hydrogen-bond donors (Lipinski definition) is 0. The number of carbonyl (C=O) groups is 4. The fourth-order valence-corrected chi connectivity index (χ4v) is 20.5. The van der Waals surface area contributed by atoms with Crippen molar-refractivity contribution in [3.63, 3.8) is 0 Å². The molecule has 766 valence electrons. The summed E-state index contributed by atoms with van der Waals surface area (Å²) in [5, 5.41) is 0. The molecule has 4 saturated carbocycles. The highest BCUT2D eigenvalue weighted by atomic mass is 16.2. The molecule has 6 aliphatic rings. The first-order valence-corrected chi connectivity index (χ1v) is 55.3. The second-order valence-corrected chi connectivity index (χ2v) is 45.3. The number of imidazole rings is 4. The number of para-hydroxylation sites is 8. The fraction of sp³-hybridized carbons (Fsp3) is 0.545. The van der Waals surface area contributed by atoms with Gasteiger partial charge >= 0.3 is 0 Å². The number of hydrogen-bond acceptors (Lipinski definition) is 12. The molecule has 18 rings (SSSR count). The molecule has 4 aromatic heterocycles. The van der Waals surface area contributed by atoms with Crippen molar-refractivity contribution < 1.29 is 19.2 Å². The van der Waals surface area contributed by atoms with Crippen molar-refractivity contribution in [2.24, 2.45) is 53.3 Å². The average molecular weight is 1940 g/mol. The number of nitrogens with zero attached hydrogens (tertiary/aromatic N) is 16. The molecular formula is C123H170N16O4. The van der Waals surface area contributed by atoms with Crippen molar-refractivity contribution in [2.45, 2.75) is 323 Å². The van der Waals surface area contributed by atoms with Crippen LogP contribution in [0.15, 0.2) is 194 Å². The number of likely N-dealkylation sites (tertiary alicyclic amines) is 2. The van der Waals surface area contributed by atoms with E-state index < -0.39 is 0 Å². The zero-order valence-corrected chi connectivity index (χ0v) is 89.8. The van der Waals surface area contributed by atoms with Crippen LogP contribution in [0.4, 0.5) is 0 Å². The summed E-state index contributed by atoms with van der Waals surface area (Å²) in [6, 6.07) is 68.4. The van der Waals surface area contributed by atoms with Crippen LogP contribution in [0.3, 0.4) is 0 Å². The molecule has 8 aromatic carbocycles. The molecule has 4 amide bonds. The Kier molecular flexibility index (Phi) is 38.3. The molecule has 0 bridgehead atoms. The Hall–Kier alpha value is -10.6. The highest BCUT2D eigenvalue weighted by molar-refractivity contribution is 5.96. The monoisotopic (exact) mass is 1940 g/mol. The van der Waals surface area contributed by atoms with Crippen molar-refractivity contribution in [2.75, 3.05) is 59.4 Å². The number of carbonyl (C=O) groups excluding carboxylic acids is 4. The van der Waals surface area contributed by atoms with Crippen LogP contribution in [0.2, 0.25) is 0 Å². The largest absolute Gasteiger partial charge is 0.331 e. The minimum atomic E-state index is 0.0970. The zero-order valence-electron chi connectivity index (χ0n) is 89.8. The first-order valence-electron chi connectivity index (χ1n) is 55.3. The molecule has 12 aromatic rings. The third-order valence-electron chi connectivity index (χ3n) is 30.3. The molecule has 6 heterocycles. The van der Waals surface area contributed by atoms with Gasteiger partial charge in [-0.15, -0.1) is 0 Å². The Morgan fingerprint density at radius 2 is 0.636 bits per heavy atom. The maximum Gasteiger partial charge on any atom is 0.254 e. The van der Waals surface area contributed by atoms with Gasteiger partial charge in [-0.25, -0.2) is 19.9 Å². The molecule has 2 saturated heterocycles. The molecule has 2 unspecified atom stereocenters.